The van der Waals surface area contributed by atoms with Crippen LogP contribution in [0, 0.1) is 0 Å². The van der Waals surface area contributed by atoms with Gasteiger partial charge in [0.2, 0.25) is 11.8 Å². The summed E-state index contributed by atoms with van der Waals surface area (Å²) in [4.78, 5) is 47.3. The summed E-state index contributed by atoms with van der Waals surface area (Å²) in [6.45, 7) is 6.70. The van der Waals surface area contributed by atoms with Crippen LogP contribution in [-0.4, -0.2) is 88.2 Å². The van der Waals surface area contributed by atoms with E-state index in [4.69, 9.17) is 0 Å². The van der Waals surface area contributed by atoms with Gasteiger partial charge in [0.05, 0.1) is 19.1 Å². The molecule has 44 heavy (non-hydrogen) atoms. The van der Waals surface area contributed by atoms with Crippen LogP contribution in [0.15, 0.2) is 78.9 Å². The van der Waals surface area contributed by atoms with Crippen molar-refractivity contribution in [2.24, 2.45) is 0 Å². The van der Waals surface area contributed by atoms with Gasteiger partial charge in [-0.2, -0.15) is 0 Å². The molecule has 2 aliphatic rings. The van der Waals surface area contributed by atoms with Crippen LogP contribution >= 0.6 is 0 Å². The lowest BCUT2D eigenvalue weighted by atomic mass is 9.96. The van der Waals surface area contributed by atoms with Gasteiger partial charge in [0.15, 0.2) is 0 Å². The van der Waals surface area contributed by atoms with E-state index in [1.165, 1.54) is 0 Å². The molecule has 0 unspecified atom stereocenters. The lowest BCUT2D eigenvalue weighted by Crippen LogP contribution is -2.76. The highest BCUT2D eigenvalue weighted by Crippen LogP contribution is 2.34. The molecule has 2 aliphatic heterocycles. The third kappa shape index (κ3) is 6.35. The predicted octanol–water partition coefficient (Wildman–Crippen LogP) is 3.98. The number of anilines is 1. The number of phenolic OH excluding ortho intramolecular Hbond substituents is 1. The molecule has 0 bridgehead atoms. The topological polar surface area (TPSA) is 99.7 Å². The Morgan fingerprint density at radius 3 is 2.36 bits per heavy atom. The van der Waals surface area contributed by atoms with Crippen molar-refractivity contribution in [1.82, 2.24) is 25.1 Å². The van der Waals surface area contributed by atoms with E-state index in [0.29, 0.717) is 12.6 Å². The zero-order chi connectivity index (χ0) is 31.5. The number of hydrogen-bond donors (Lipinski definition) is 2. The number of amides is 4. The fourth-order valence-electron chi connectivity index (χ4n) is 6.01. The summed E-state index contributed by atoms with van der Waals surface area (Å²) in [5.41, 5.74) is 3.78. The number of urea groups is 1. The molecule has 5 rings (SSSR count). The summed E-state index contributed by atoms with van der Waals surface area (Å²) in [5, 5.41) is 16.1. The molecule has 0 spiro atoms. The van der Waals surface area contributed by atoms with Crippen molar-refractivity contribution in [3.05, 3.63) is 95.6 Å². The second-order valence-electron chi connectivity index (χ2n) is 11.9. The number of hydrazine groups is 1. The first-order valence-electron chi connectivity index (χ1n) is 15.1. The lowest BCUT2D eigenvalue weighted by molar-refractivity contribution is -0.189. The fraction of sp³-hybridized carbons (Fsp3) is 0.382. The largest absolute Gasteiger partial charge is 0.508 e. The van der Waals surface area contributed by atoms with Crippen LogP contribution in [0.1, 0.15) is 43.5 Å². The molecule has 232 valence electrons. The fourth-order valence-corrected chi connectivity index (χ4v) is 6.01. The summed E-state index contributed by atoms with van der Waals surface area (Å²) < 4.78 is 0. The van der Waals surface area contributed by atoms with E-state index in [1.54, 1.807) is 51.1 Å². The molecule has 4 amide bonds. The van der Waals surface area contributed by atoms with Gasteiger partial charge in [-0.15, -0.1) is 0 Å². The first kappa shape index (κ1) is 30.9. The van der Waals surface area contributed by atoms with Gasteiger partial charge in [-0.3, -0.25) is 9.59 Å². The summed E-state index contributed by atoms with van der Waals surface area (Å²) in [5.74, 6) is -0.262. The minimum absolute atomic E-state index is 0.0340. The summed E-state index contributed by atoms with van der Waals surface area (Å²) in [7, 11) is 3.77. The van der Waals surface area contributed by atoms with Crippen LogP contribution in [0.4, 0.5) is 10.5 Å². The standard InChI is InChI=1S/C34H42N6O4/c1-23(2)37(5)28-13-9-12-27(19-28)24(3)38-21-31-39(30(33(38)43)18-25-14-16-29(41)17-15-25)32(42)22-36(4)40(31)34(44)35-20-26-10-7-6-8-11-26/h6-17,19,23-24,30-31,41H,18,20-22H2,1-5H3,(H,35,44)/t24-,30-,31-/m0/s1. The second-order valence-corrected chi connectivity index (χ2v) is 11.9. The highest BCUT2D eigenvalue weighted by Gasteiger charge is 2.51. The Balaban J connectivity index is 1.49. The molecule has 10 heteroatoms. The van der Waals surface area contributed by atoms with Gasteiger partial charge in [0.1, 0.15) is 18.0 Å². The Morgan fingerprint density at radius 2 is 1.68 bits per heavy atom. The molecule has 10 nitrogen and oxygen atoms in total. The minimum atomic E-state index is -0.826. The van der Waals surface area contributed by atoms with Gasteiger partial charge < -0.3 is 25.1 Å². The van der Waals surface area contributed by atoms with E-state index in [-0.39, 0.29) is 49.1 Å². The summed E-state index contributed by atoms with van der Waals surface area (Å²) in [6.07, 6.45) is -0.454. The number of hydrogen-bond acceptors (Lipinski definition) is 6. The van der Waals surface area contributed by atoms with E-state index < -0.39 is 12.2 Å². The SMILES string of the molecule is CC(C)N(C)c1cccc([C@H](C)N2C[C@H]3N(C(=O)CN(C)N3C(=O)NCc3ccccc3)[C@@H](Cc3ccc(O)cc3)C2=O)c1. The van der Waals surface area contributed by atoms with Crippen molar-refractivity contribution >= 4 is 23.5 Å². The normalized spacial score (nSPS) is 19.6. The maximum Gasteiger partial charge on any atom is 0.334 e. The van der Waals surface area contributed by atoms with E-state index in [1.807, 2.05) is 56.4 Å². The maximum absolute atomic E-state index is 14.3. The number of likely N-dealkylation sites (N-methyl/N-ethyl adjacent to an activating group) is 1. The quantitative estimate of drug-likeness (QED) is 0.407. The van der Waals surface area contributed by atoms with Crippen molar-refractivity contribution < 1.29 is 19.5 Å². The highest BCUT2D eigenvalue weighted by molar-refractivity contribution is 5.92. The molecule has 0 saturated carbocycles. The van der Waals surface area contributed by atoms with Crippen molar-refractivity contribution in [1.29, 1.82) is 0 Å². The van der Waals surface area contributed by atoms with Gasteiger partial charge in [-0.05, 0) is 61.7 Å². The Bertz CT molecular complexity index is 1480. The molecule has 3 atom stereocenters. The average Bonchev–Trinajstić information content (AvgIpc) is 3.01. The van der Waals surface area contributed by atoms with E-state index in [9.17, 15) is 19.5 Å². The van der Waals surface area contributed by atoms with Crippen LogP contribution in [0.25, 0.3) is 0 Å². The monoisotopic (exact) mass is 598 g/mol. The van der Waals surface area contributed by atoms with Crippen molar-refractivity contribution in [3.8, 4) is 5.75 Å². The molecule has 2 heterocycles. The first-order chi connectivity index (χ1) is 21.0. The first-order valence-corrected chi connectivity index (χ1v) is 15.1. The Kier molecular flexibility index (Phi) is 9.10. The predicted molar refractivity (Wildman–Crippen MR) is 169 cm³/mol. The van der Waals surface area contributed by atoms with Crippen LogP contribution in [-0.2, 0) is 22.6 Å². The van der Waals surface area contributed by atoms with Gasteiger partial charge >= 0.3 is 6.03 Å². The maximum atomic E-state index is 14.3. The van der Waals surface area contributed by atoms with Crippen LogP contribution < -0.4 is 10.2 Å². The number of phenols is 1. The van der Waals surface area contributed by atoms with Crippen molar-refractivity contribution in [2.45, 2.75) is 58.0 Å². The molecule has 2 fully saturated rings. The average molecular weight is 599 g/mol. The number of nitrogens with zero attached hydrogens (tertiary/aromatic N) is 5. The molecule has 0 aromatic heterocycles. The van der Waals surface area contributed by atoms with Crippen LogP contribution in [0.2, 0.25) is 0 Å². The van der Waals surface area contributed by atoms with Gasteiger partial charge in [-0.1, -0.05) is 54.6 Å². The number of nitrogens with one attached hydrogen (secondary N) is 1. The van der Waals surface area contributed by atoms with Gasteiger partial charge in [0.25, 0.3) is 0 Å². The number of carbonyl (C=O) groups excluding carboxylic acids is 3. The Labute approximate surface area is 259 Å². The number of aromatic hydroxyl groups is 1. The number of rotatable bonds is 8. The minimum Gasteiger partial charge on any atom is -0.508 e. The smallest absolute Gasteiger partial charge is 0.334 e. The molecular weight excluding hydrogens is 556 g/mol. The lowest BCUT2D eigenvalue weighted by Gasteiger charge is -2.55. The van der Waals surface area contributed by atoms with E-state index in [0.717, 1.165) is 22.4 Å². The number of piperazine rings is 1. The molecule has 0 aliphatic carbocycles. The van der Waals surface area contributed by atoms with E-state index in [2.05, 4.69) is 36.2 Å². The summed E-state index contributed by atoms with van der Waals surface area (Å²) >= 11 is 0. The van der Waals surface area contributed by atoms with Gasteiger partial charge in [-0.25, -0.2) is 14.8 Å². The summed E-state index contributed by atoms with van der Waals surface area (Å²) in [6, 6.07) is 23.3. The van der Waals surface area contributed by atoms with Crippen LogP contribution in [0.5, 0.6) is 5.75 Å². The molecular formula is C34H42N6O4. The molecule has 0 radical (unpaired) electrons. The molecule has 3 aromatic rings. The number of fused-ring (bicyclic) bond motifs is 1. The van der Waals surface area contributed by atoms with Crippen LogP contribution in [0.3, 0.4) is 0 Å². The third-order valence-electron chi connectivity index (χ3n) is 8.75. The Morgan fingerprint density at radius 1 is 0.977 bits per heavy atom. The third-order valence-corrected chi connectivity index (χ3v) is 8.75. The van der Waals surface area contributed by atoms with Gasteiger partial charge in [0, 0.05) is 38.8 Å². The molecule has 3 aromatic carbocycles. The Hall–Kier alpha value is -4.57. The van der Waals surface area contributed by atoms with Crippen molar-refractivity contribution in [3.63, 3.8) is 0 Å². The number of benzene rings is 3. The van der Waals surface area contributed by atoms with E-state index >= 15 is 0 Å². The number of carbonyl (C=O) groups is 3. The second kappa shape index (κ2) is 13.0. The van der Waals surface area contributed by atoms with Crippen molar-refractivity contribution in [2.75, 3.05) is 32.1 Å². The molecule has 2 saturated heterocycles. The zero-order valence-electron chi connectivity index (χ0n) is 26.1. The molecule has 2 N–H and O–H groups in total. The highest BCUT2D eigenvalue weighted by atomic mass is 16.3. The zero-order valence-corrected chi connectivity index (χ0v) is 26.1.